The molecule has 0 spiro atoms. The molecule has 2 heterocycles. The first-order valence-corrected chi connectivity index (χ1v) is 9.40. The lowest BCUT2D eigenvalue weighted by molar-refractivity contribution is 0.0937. The summed E-state index contributed by atoms with van der Waals surface area (Å²) >= 11 is 6.01. The number of hydrogen-bond acceptors (Lipinski definition) is 3. The number of carbonyl (C=O) groups is 1. The molecule has 0 saturated heterocycles. The highest BCUT2D eigenvalue weighted by Crippen LogP contribution is 2.23. The van der Waals surface area contributed by atoms with Crippen molar-refractivity contribution < 1.29 is 4.79 Å². The van der Waals surface area contributed by atoms with Crippen LogP contribution in [0.25, 0.3) is 11.0 Å². The zero-order chi connectivity index (χ0) is 19.5. The van der Waals surface area contributed by atoms with Crippen LogP contribution in [-0.4, -0.2) is 20.4 Å². The van der Waals surface area contributed by atoms with Crippen LogP contribution in [0.15, 0.2) is 73.1 Å². The van der Waals surface area contributed by atoms with Gasteiger partial charge >= 0.3 is 0 Å². The fraction of sp³-hybridized carbons (Fsp3) is 0.136. The van der Waals surface area contributed by atoms with E-state index in [4.69, 9.17) is 16.6 Å². The number of imidazole rings is 1. The van der Waals surface area contributed by atoms with Gasteiger partial charge in [0.15, 0.2) is 0 Å². The minimum absolute atomic E-state index is 0.153. The number of nitrogens with one attached hydrogen (secondary N) is 1. The molecule has 0 radical (unpaired) electrons. The van der Waals surface area contributed by atoms with E-state index in [0.717, 1.165) is 22.4 Å². The van der Waals surface area contributed by atoms with Crippen molar-refractivity contribution in [2.75, 3.05) is 0 Å². The zero-order valence-corrected chi connectivity index (χ0v) is 16.1. The van der Waals surface area contributed by atoms with Gasteiger partial charge in [-0.15, -0.1) is 0 Å². The van der Waals surface area contributed by atoms with E-state index in [1.54, 1.807) is 24.5 Å². The van der Waals surface area contributed by atoms with Gasteiger partial charge in [0.05, 0.1) is 17.1 Å². The van der Waals surface area contributed by atoms with Crippen LogP contribution in [-0.2, 0) is 6.54 Å². The van der Waals surface area contributed by atoms with E-state index in [9.17, 15) is 4.79 Å². The number of carbonyl (C=O) groups excluding carboxylic acids is 1. The highest BCUT2D eigenvalue weighted by molar-refractivity contribution is 6.30. The third-order valence-corrected chi connectivity index (χ3v) is 4.87. The second-order valence-electron chi connectivity index (χ2n) is 6.60. The smallest absolute Gasteiger partial charge is 0.251 e. The van der Waals surface area contributed by atoms with Gasteiger partial charge < -0.3 is 9.88 Å². The lowest BCUT2D eigenvalue weighted by atomic mass is 10.2. The van der Waals surface area contributed by atoms with E-state index in [-0.39, 0.29) is 11.9 Å². The monoisotopic (exact) mass is 390 g/mol. The van der Waals surface area contributed by atoms with E-state index >= 15 is 0 Å². The summed E-state index contributed by atoms with van der Waals surface area (Å²) < 4.78 is 2.13. The molecule has 1 unspecified atom stereocenters. The molecule has 0 saturated carbocycles. The molecule has 0 bridgehead atoms. The minimum Gasteiger partial charge on any atom is -0.342 e. The van der Waals surface area contributed by atoms with Gasteiger partial charge in [-0.3, -0.25) is 9.78 Å². The number of hydrogen-bond donors (Lipinski definition) is 1. The molecule has 1 N–H and O–H groups in total. The van der Waals surface area contributed by atoms with Crippen molar-refractivity contribution >= 4 is 28.5 Å². The van der Waals surface area contributed by atoms with Crippen molar-refractivity contribution in [3.63, 3.8) is 0 Å². The number of nitrogens with zero attached hydrogens (tertiary/aromatic N) is 3. The molecule has 0 fully saturated rings. The van der Waals surface area contributed by atoms with Crippen LogP contribution in [0.3, 0.4) is 0 Å². The van der Waals surface area contributed by atoms with E-state index < -0.39 is 0 Å². The van der Waals surface area contributed by atoms with Crippen molar-refractivity contribution in [2.24, 2.45) is 0 Å². The Balaban J connectivity index is 1.67. The van der Waals surface area contributed by atoms with Crippen LogP contribution in [0.5, 0.6) is 0 Å². The van der Waals surface area contributed by atoms with E-state index in [0.29, 0.717) is 17.1 Å². The Labute approximate surface area is 168 Å². The first-order chi connectivity index (χ1) is 13.6. The minimum atomic E-state index is -0.264. The Bertz CT molecular complexity index is 1110. The summed E-state index contributed by atoms with van der Waals surface area (Å²) in [6, 6.07) is 18.9. The molecular formula is C22H19ClN4O. The summed E-state index contributed by atoms with van der Waals surface area (Å²) in [6.45, 7) is 2.58. The van der Waals surface area contributed by atoms with Gasteiger partial charge in [0, 0.05) is 29.5 Å². The van der Waals surface area contributed by atoms with Crippen LogP contribution < -0.4 is 5.32 Å². The van der Waals surface area contributed by atoms with Gasteiger partial charge in [-0.1, -0.05) is 35.9 Å². The molecule has 5 nitrogen and oxygen atoms in total. The number of aromatic nitrogens is 3. The van der Waals surface area contributed by atoms with Crippen LogP contribution in [0.4, 0.5) is 0 Å². The molecule has 1 amide bonds. The standard InChI is InChI=1S/C22H19ClN4O/c1-15(25-22(28)17-10-12-24-13-11-17)21-26-19-4-2-3-5-20(19)27(21)14-16-6-8-18(23)9-7-16/h2-13,15H,14H2,1H3,(H,25,28). The van der Waals surface area contributed by atoms with Crippen LogP contribution in [0.1, 0.15) is 34.7 Å². The van der Waals surface area contributed by atoms with E-state index in [1.165, 1.54) is 0 Å². The third kappa shape index (κ3) is 3.75. The van der Waals surface area contributed by atoms with Crippen molar-refractivity contribution in [3.05, 3.63) is 95.0 Å². The molecule has 140 valence electrons. The fourth-order valence-corrected chi connectivity index (χ4v) is 3.34. The number of amides is 1. The van der Waals surface area contributed by atoms with Crippen molar-refractivity contribution in [2.45, 2.75) is 19.5 Å². The van der Waals surface area contributed by atoms with Crippen LogP contribution in [0.2, 0.25) is 5.02 Å². The number of fused-ring (bicyclic) bond motifs is 1. The molecule has 4 aromatic rings. The van der Waals surface area contributed by atoms with Crippen molar-refractivity contribution in [3.8, 4) is 0 Å². The Kier molecular flexibility index (Phi) is 5.08. The van der Waals surface area contributed by atoms with Crippen LogP contribution >= 0.6 is 11.6 Å². The summed E-state index contributed by atoms with van der Waals surface area (Å²) in [7, 11) is 0. The average Bonchev–Trinajstić information content (AvgIpc) is 3.09. The summed E-state index contributed by atoms with van der Waals surface area (Å²) in [5.74, 6) is 0.651. The van der Waals surface area contributed by atoms with Crippen molar-refractivity contribution in [1.29, 1.82) is 0 Å². The van der Waals surface area contributed by atoms with Gasteiger partial charge in [-0.05, 0) is 48.9 Å². The molecule has 0 aliphatic carbocycles. The van der Waals surface area contributed by atoms with Gasteiger partial charge in [0.1, 0.15) is 5.82 Å². The molecule has 2 aromatic carbocycles. The van der Waals surface area contributed by atoms with E-state index in [2.05, 4.69) is 14.9 Å². The number of benzene rings is 2. The largest absolute Gasteiger partial charge is 0.342 e. The quantitative estimate of drug-likeness (QED) is 0.540. The number of halogens is 1. The van der Waals surface area contributed by atoms with Crippen molar-refractivity contribution in [1.82, 2.24) is 19.9 Å². The first-order valence-electron chi connectivity index (χ1n) is 9.02. The summed E-state index contributed by atoms with van der Waals surface area (Å²) in [4.78, 5) is 21.3. The number of para-hydroxylation sites is 2. The molecule has 1 atom stereocenters. The van der Waals surface area contributed by atoms with E-state index in [1.807, 2.05) is 55.5 Å². The lowest BCUT2D eigenvalue weighted by Crippen LogP contribution is -2.28. The maximum absolute atomic E-state index is 12.6. The number of pyridine rings is 1. The molecule has 28 heavy (non-hydrogen) atoms. The first kappa shape index (κ1) is 18.2. The van der Waals surface area contributed by atoms with Gasteiger partial charge in [-0.2, -0.15) is 0 Å². The Morgan fingerprint density at radius 3 is 2.54 bits per heavy atom. The molecule has 0 aliphatic heterocycles. The number of rotatable bonds is 5. The summed E-state index contributed by atoms with van der Waals surface area (Å²) in [6.07, 6.45) is 3.21. The highest BCUT2D eigenvalue weighted by Gasteiger charge is 2.19. The molecule has 0 aliphatic rings. The van der Waals surface area contributed by atoms with Gasteiger partial charge in [0.25, 0.3) is 5.91 Å². The lowest BCUT2D eigenvalue weighted by Gasteiger charge is -2.16. The topological polar surface area (TPSA) is 59.8 Å². The van der Waals surface area contributed by atoms with Gasteiger partial charge in [-0.25, -0.2) is 4.98 Å². The zero-order valence-electron chi connectivity index (χ0n) is 15.3. The maximum Gasteiger partial charge on any atom is 0.251 e. The average molecular weight is 391 g/mol. The van der Waals surface area contributed by atoms with Gasteiger partial charge in [0.2, 0.25) is 0 Å². The molecule has 2 aromatic heterocycles. The predicted molar refractivity (Wildman–Crippen MR) is 110 cm³/mol. The highest BCUT2D eigenvalue weighted by atomic mass is 35.5. The molecule has 4 rings (SSSR count). The summed E-state index contributed by atoms with van der Waals surface area (Å²) in [5.41, 5.74) is 3.61. The maximum atomic E-state index is 12.6. The Morgan fingerprint density at radius 2 is 1.79 bits per heavy atom. The Morgan fingerprint density at radius 1 is 1.07 bits per heavy atom. The molecule has 6 heteroatoms. The summed E-state index contributed by atoms with van der Waals surface area (Å²) in [5, 5.41) is 3.74. The normalized spacial score (nSPS) is 12.1. The third-order valence-electron chi connectivity index (χ3n) is 4.62. The van der Waals surface area contributed by atoms with Crippen LogP contribution in [0, 0.1) is 0 Å². The second kappa shape index (κ2) is 7.82. The molecular weight excluding hydrogens is 372 g/mol. The Hall–Kier alpha value is -3.18. The fourth-order valence-electron chi connectivity index (χ4n) is 3.21. The second-order valence-corrected chi connectivity index (χ2v) is 7.04. The predicted octanol–water partition coefficient (Wildman–Crippen LogP) is 4.62. The SMILES string of the molecule is CC(NC(=O)c1ccncc1)c1nc2ccccc2n1Cc1ccc(Cl)cc1.